The van der Waals surface area contributed by atoms with Crippen molar-refractivity contribution in [2.45, 2.75) is 6.61 Å². The molecule has 3 aromatic rings. The van der Waals surface area contributed by atoms with Crippen molar-refractivity contribution in [2.75, 3.05) is 0 Å². The number of hydrogen-bond acceptors (Lipinski definition) is 4. The van der Waals surface area contributed by atoms with Gasteiger partial charge in [-0.3, -0.25) is 4.79 Å². The maximum Gasteiger partial charge on any atom is 0.264 e. The lowest BCUT2D eigenvalue weighted by atomic mass is 10.2. The molecule has 1 heterocycles. The number of benzene rings is 3. The zero-order valence-electron chi connectivity index (χ0n) is 15.9. The number of thioether (sulfide) groups is 1. The molecule has 31 heavy (non-hydrogen) atoms. The molecule has 1 N–H and O–H groups in total. The van der Waals surface area contributed by atoms with Gasteiger partial charge in [0, 0.05) is 5.02 Å². The van der Waals surface area contributed by atoms with E-state index in [1.54, 1.807) is 18.2 Å². The van der Waals surface area contributed by atoms with Crippen LogP contribution < -0.4 is 10.1 Å². The number of ether oxygens (including phenoxy) is 1. The number of hydrogen-bond donors (Lipinski definition) is 1. The van der Waals surface area contributed by atoms with E-state index in [4.69, 9.17) is 16.3 Å². The van der Waals surface area contributed by atoms with Crippen LogP contribution in [0.25, 0.3) is 6.08 Å². The number of rotatable bonds is 5. The van der Waals surface area contributed by atoms with Gasteiger partial charge in [0.05, 0.1) is 14.2 Å². The van der Waals surface area contributed by atoms with Gasteiger partial charge in [0.25, 0.3) is 5.91 Å². The second kappa shape index (κ2) is 9.84. The van der Waals surface area contributed by atoms with E-state index < -0.39 is 0 Å². The van der Waals surface area contributed by atoms with Crippen LogP contribution in [0.1, 0.15) is 11.1 Å². The van der Waals surface area contributed by atoms with Crippen molar-refractivity contribution in [3.05, 3.63) is 97.2 Å². The van der Waals surface area contributed by atoms with E-state index in [-0.39, 0.29) is 11.7 Å². The smallest absolute Gasteiger partial charge is 0.264 e. The van der Waals surface area contributed by atoms with Crippen LogP contribution in [0.4, 0.5) is 10.1 Å². The number of aliphatic imine (C=N–C) groups is 1. The molecule has 1 aliphatic heterocycles. The van der Waals surface area contributed by atoms with Crippen molar-refractivity contribution < 1.29 is 13.9 Å². The standard InChI is InChI=1S/C23H15ClFIN2O2S/c24-16-4-1-14(2-5-16)13-30-20-10-3-15(11-19(20)26)12-21-22(29)28-23(31-21)27-18-8-6-17(25)7-9-18/h1-12H,13H2,(H,27,28,29)/b21-12+. The Bertz CT molecular complexity index is 1180. The van der Waals surface area contributed by atoms with Gasteiger partial charge in [0.1, 0.15) is 18.2 Å². The zero-order chi connectivity index (χ0) is 21.8. The number of carbonyl (C=O) groups is 1. The second-order valence-corrected chi connectivity index (χ2v) is 9.19. The molecule has 1 saturated heterocycles. The Balaban J connectivity index is 1.44. The lowest BCUT2D eigenvalue weighted by Crippen LogP contribution is -2.19. The Kier molecular flexibility index (Phi) is 6.94. The average Bonchev–Trinajstić information content (AvgIpc) is 3.09. The van der Waals surface area contributed by atoms with E-state index in [0.29, 0.717) is 27.4 Å². The molecular weight excluding hydrogens is 550 g/mol. The van der Waals surface area contributed by atoms with Gasteiger partial charge >= 0.3 is 0 Å². The van der Waals surface area contributed by atoms with Gasteiger partial charge in [0.15, 0.2) is 5.17 Å². The normalized spacial score (nSPS) is 16.0. The molecule has 0 spiro atoms. The first-order chi connectivity index (χ1) is 15.0. The number of carbonyl (C=O) groups excluding carboxylic acids is 1. The van der Waals surface area contributed by atoms with Crippen molar-refractivity contribution >= 4 is 68.8 Å². The maximum atomic E-state index is 13.0. The predicted octanol–water partition coefficient (Wildman–Crippen LogP) is 6.55. The van der Waals surface area contributed by atoms with Gasteiger partial charge < -0.3 is 10.1 Å². The summed E-state index contributed by atoms with van der Waals surface area (Å²) < 4.78 is 19.9. The van der Waals surface area contributed by atoms with Gasteiger partial charge in [-0.05, 0) is 100 Å². The highest BCUT2D eigenvalue weighted by atomic mass is 127. The lowest BCUT2D eigenvalue weighted by molar-refractivity contribution is -0.115. The molecule has 0 aliphatic carbocycles. The highest BCUT2D eigenvalue weighted by Crippen LogP contribution is 2.30. The van der Waals surface area contributed by atoms with Crippen molar-refractivity contribution in [3.8, 4) is 5.75 Å². The average molecular weight is 565 g/mol. The second-order valence-electron chi connectivity index (χ2n) is 6.56. The summed E-state index contributed by atoms with van der Waals surface area (Å²) in [5, 5.41) is 3.88. The molecule has 0 atom stereocenters. The van der Waals surface area contributed by atoms with Gasteiger partial charge in [-0.25, -0.2) is 9.38 Å². The van der Waals surface area contributed by atoms with Gasteiger partial charge in [-0.15, -0.1) is 0 Å². The van der Waals surface area contributed by atoms with E-state index >= 15 is 0 Å². The van der Waals surface area contributed by atoms with Crippen LogP contribution in [0.5, 0.6) is 5.75 Å². The minimum Gasteiger partial charge on any atom is -0.488 e. The van der Waals surface area contributed by atoms with Crippen molar-refractivity contribution in [1.82, 2.24) is 5.32 Å². The molecule has 1 fully saturated rings. The first kappa shape index (κ1) is 21.9. The lowest BCUT2D eigenvalue weighted by Gasteiger charge is -2.09. The minimum atomic E-state index is -0.331. The Morgan fingerprint density at radius 3 is 2.55 bits per heavy atom. The van der Waals surface area contributed by atoms with Crippen LogP contribution in [0.2, 0.25) is 5.02 Å². The summed E-state index contributed by atoms with van der Waals surface area (Å²) in [5.41, 5.74) is 2.48. The van der Waals surface area contributed by atoms with Crippen LogP contribution in [0, 0.1) is 9.39 Å². The fourth-order valence-corrected chi connectivity index (χ4v) is 4.39. The van der Waals surface area contributed by atoms with Crippen molar-refractivity contribution in [1.29, 1.82) is 0 Å². The summed E-state index contributed by atoms with van der Waals surface area (Å²) in [6.45, 7) is 0.440. The quantitative estimate of drug-likeness (QED) is 0.282. The Morgan fingerprint density at radius 1 is 1.10 bits per heavy atom. The summed E-state index contributed by atoms with van der Waals surface area (Å²) >= 11 is 9.36. The van der Waals surface area contributed by atoms with Gasteiger partial charge in [-0.1, -0.05) is 29.8 Å². The number of halogens is 3. The molecular formula is C23H15ClFIN2O2S. The van der Waals surface area contributed by atoms with E-state index in [9.17, 15) is 9.18 Å². The van der Waals surface area contributed by atoms with Crippen LogP contribution in [-0.2, 0) is 11.4 Å². The molecule has 1 amide bonds. The fraction of sp³-hybridized carbons (Fsp3) is 0.0435. The van der Waals surface area contributed by atoms with Crippen molar-refractivity contribution in [3.63, 3.8) is 0 Å². The number of nitrogens with zero attached hydrogens (tertiary/aromatic N) is 1. The molecule has 156 valence electrons. The third-order valence-corrected chi connectivity index (χ3v) is 6.27. The molecule has 0 aromatic heterocycles. The summed E-state index contributed by atoms with van der Waals surface area (Å²) in [7, 11) is 0. The number of nitrogens with one attached hydrogen (secondary N) is 1. The number of amides is 1. The SMILES string of the molecule is O=C1NC(=Nc2ccc(F)cc2)S/C1=C/c1ccc(OCc2ccc(Cl)cc2)c(I)c1. The maximum absolute atomic E-state index is 13.0. The molecule has 0 bridgehead atoms. The molecule has 8 heteroatoms. The van der Waals surface area contributed by atoms with E-state index in [1.807, 2.05) is 42.5 Å². The Hall–Kier alpha value is -2.36. The first-order valence-corrected chi connectivity index (χ1v) is 11.5. The molecule has 4 nitrogen and oxygen atoms in total. The highest BCUT2D eigenvalue weighted by Gasteiger charge is 2.23. The molecule has 0 radical (unpaired) electrons. The summed E-state index contributed by atoms with van der Waals surface area (Å²) in [4.78, 5) is 17.2. The van der Waals surface area contributed by atoms with Crippen LogP contribution in [0.3, 0.4) is 0 Å². The van der Waals surface area contributed by atoms with E-state index in [2.05, 4.69) is 32.9 Å². The monoisotopic (exact) mass is 564 g/mol. The Morgan fingerprint density at radius 2 is 1.84 bits per heavy atom. The van der Waals surface area contributed by atoms with Crippen LogP contribution in [-0.4, -0.2) is 11.1 Å². The number of amidine groups is 1. The van der Waals surface area contributed by atoms with Crippen LogP contribution >= 0.6 is 46.0 Å². The zero-order valence-corrected chi connectivity index (χ0v) is 19.7. The molecule has 4 rings (SSSR count). The van der Waals surface area contributed by atoms with E-state index in [0.717, 1.165) is 20.4 Å². The van der Waals surface area contributed by atoms with Crippen molar-refractivity contribution in [2.24, 2.45) is 4.99 Å². The summed E-state index contributed by atoms with van der Waals surface area (Å²) in [5.74, 6) is 0.214. The largest absolute Gasteiger partial charge is 0.488 e. The van der Waals surface area contributed by atoms with E-state index in [1.165, 1.54) is 23.9 Å². The highest BCUT2D eigenvalue weighted by molar-refractivity contribution is 14.1. The molecule has 0 unspecified atom stereocenters. The topological polar surface area (TPSA) is 50.7 Å². The first-order valence-electron chi connectivity index (χ1n) is 9.18. The third-order valence-electron chi connectivity index (χ3n) is 4.27. The summed E-state index contributed by atoms with van der Waals surface area (Å²) in [6.07, 6.45) is 1.80. The van der Waals surface area contributed by atoms with Crippen LogP contribution in [0.15, 0.2) is 76.6 Å². The molecule has 1 aliphatic rings. The third kappa shape index (κ3) is 5.87. The minimum absolute atomic E-state index is 0.219. The summed E-state index contributed by atoms with van der Waals surface area (Å²) in [6, 6.07) is 19.0. The van der Waals surface area contributed by atoms with Gasteiger partial charge in [0.2, 0.25) is 0 Å². The Labute approximate surface area is 201 Å². The molecule has 3 aromatic carbocycles. The predicted molar refractivity (Wildman–Crippen MR) is 132 cm³/mol. The fourth-order valence-electron chi connectivity index (χ4n) is 2.73. The van der Waals surface area contributed by atoms with Gasteiger partial charge in [-0.2, -0.15) is 0 Å². The molecule has 0 saturated carbocycles.